The molecule has 3 heterocycles. The minimum atomic E-state index is -1.07. The molecule has 1 amide bonds. The van der Waals surface area contributed by atoms with Crippen molar-refractivity contribution in [2.75, 3.05) is 0 Å². The molecule has 18 heavy (non-hydrogen) atoms. The maximum absolute atomic E-state index is 11.9. The first-order valence-electron chi connectivity index (χ1n) is 5.14. The number of carboxylic acid groups (broad SMARTS) is 1. The Hall–Kier alpha value is -1.60. The first kappa shape index (κ1) is 11.5. The zero-order chi connectivity index (χ0) is 12.9. The number of aliphatic carboxylic acids is 1. The van der Waals surface area contributed by atoms with Gasteiger partial charge in [-0.15, -0.1) is 23.1 Å². The lowest BCUT2D eigenvalue weighted by Gasteiger charge is -2.36. The highest BCUT2D eigenvalue weighted by Crippen LogP contribution is 2.45. The summed E-state index contributed by atoms with van der Waals surface area (Å²) < 4.78 is 0. The zero-order valence-corrected chi connectivity index (χ0v) is 10.9. The number of amides is 1. The summed E-state index contributed by atoms with van der Waals surface area (Å²) >= 11 is 2.85. The summed E-state index contributed by atoms with van der Waals surface area (Å²) in [4.78, 5) is 28.4. The van der Waals surface area contributed by atoms with Crippen molar-refractivity contribution >= 4 is 41.1 Å². The number of hydrogen-bond donors (Lipinski definition) is 1. The Morgan fingerprint density at radius 1 is 1.61 bits per heavy atom. The fourth-order valence-electron chi connectivity index (χ4n) is 1.87. The van der Waals surface area contributed by atoms with E-state index in [1.807, 2.05) is 12.3 Å². The standard InChI is InChI=1S/C11H8N2O3S2/c1-5-12-6(3-17-5)2-7-9(14)13-8(11(15)16)4-18-10(7)13/h2-4,10H,1H3,(H,15,16)/b7-2-. The van der Waals surface area contributed by atoms with Crippen LogP contribution in [0.4, 0.5) is 0 Å². The first-order valence-corrected chi connectivity index (χ1v) is 6.96. The maximum Gasteiger partial charge on any atom is 0.353 e. The summed E-state index contributed by atoms with van der Waals surface area (Å²) in [6.45, 7) is 1.90. The Balaban J connectivity index is 1.86. The minimum Gasteiger partial charge on any atom is -0.477 e. The molecule has 1 saturated heterocycles. The van der Waals surface area contributed by atoms with Crippen molar-refractivity contribution in [2.24, 2.45) is 0 Å². The fourth-order valence-corrected chi connectivity index (χ4v) is 3.56. The van der Waals surface area contributed by atoms with E-state index >= 15 is 0 Å². The van der Waals surface area contributed by atoms with Gasteiger partial charge in [0.1, 0.15) is 11.1 Å². The van der Waals surface area contributed by atoms with Crippen LogP contribution in [-0.2, 0) is 9.59 Å². The summed E-state index contributed by atoms with van der Waals surface area (Å²) in [6.07, 6.45) is 1.73. The molecule has 0 aliphatic carbocycles. The Morgan fingerprint density at radius 2 is 2.39 bits per heavy atom. The summed E-state index contributed by atoms with van der Waals surface area (Å²) in [6, 6.07) is 0. The van der Waals surface area contributed by atoms with Crippen LogP contribution in [0.25, 0.3) is 6.08 Å². The summed E-state index contributed by atoms with van der Waals surface area (Å²) in [5.41, 5.74) is 1.42. The Bertz CT molecular complexity index is 618. The molecular formula is C11H8N2O3S2. The number of β-lactam (4-membered cyclic amide) rings is 1. The molecule has 1 atom stereocenters. The monoisotopic (exact) mass is 280 g/mol. The molecule has 1 aromatic heterocycles. The molecule has 2 aliphatic rings. The van der Waals surface area contributed by atoms with E-state index in [2.05, 4.69) is 4.98 Å². The third-order valence-corrected chi connectivity index (χ3v) is 4.57. The predicted molar refractivity (Wildman–Crippen MR) is 68.8 cm³/mol. The Morgan fingerprint density at radius 3 is 3.00 bits per heavy atom. The number of fused-ring (bicyclic) bond motifs is 1. The number of rotatable bonds is 2. The van der Waals surface area contributed by atoms with Crippen LogP contribution >= 0.6 is 23.1 Å². The molecule has 0 bridgehead atoms. The van der Waals surface area contributed by atoms with E-state index in [0.717, 1.165) is 10.7 Å². The van der Waals surface area contributed by atoms with Gasteiger partial charge in [0, 0.05) is 10.8 Å². The number of thioether (sulfide) groups is 1. The number of aryl methyl sites for hydroxylation is 1. The van der Waals surface area contributed by atoms with Gasteiger partial charge in [0.2, 0.25) is 0 Å². The molecule has 1 N–H and O–H groups in total. The highest BCUT2D eigenvalue weighted by Gasteiger charge is 2.49. The number of carbonyl (C=O) groups is 2. The van der Waals surface area contributed by atoms with Gasteiger partial charge in [0.25, 0.3) is 5.91 Å². The topological polar surface area (TPSA) is 70.5 Å². The van der Waals surface area contributed by atoms with Gasteiger partial charge >= 0.3 is 5.97 Å². The lowest BCUT2D eigenvalue weighted by molar-refractivity contribution is -0.141. The predicted octanol–water partition coefficient (Wildman–Crippen LogP) is 1.68. The van der Waals surface area contributed by atoms with Crippen LogP contribution in [0.2, 0.25) is 0 Å². The SMILES string of the molecule is Cc1nc(/C=C2/C(=O)N3C(C(=O)O)=CSC23)cs1. The van der Waals surface area contributed by atoms with Gasteiger partial charge in [-0.05, 0) is 13.0 Å². The second-order valence-electron chi connectivity index (χ2n) is 3.86. The van der Waals surface area contributed by atoms with E-state index in [9.17, 15) is 9.59 Å². The molecule has 92 valence electrons. The average Bonchev–Trinajstić information content (AvgIpc) is 2.89. The quantitative estimate of drug-likeness (QED) is 0.659. The van der Waals surface area contributed by atoms with Gasteiger partial charge in [-0.1, -0.05) is 0 Å². The smallest absolute Gasteiger partial charge is 0.353 e. The molecular weight excluding hydrogens is 272 g/mol. The number of carbonyl (C=O) groups excluding carboxylic acids is 1. The van der Waals surface area contributed by atoms with Gasteiger partial charge < -0.3 is 5.11 Å². The first-order chi connectivity index (χ1) is 8.58. The largest absolute Gasteiger partial charge is 0.477 e. The molecule has 0 saturated carbocycles. The Labute approximate surface area is 111 Å². The van der Waals surface area contributed by atoms with E-state index in [-0.39, 0.29) is 17.0 Å². The summed E-state index contributed by atoms with van der Waals surface area (Å²) in [5.74, 6) is -1.31. The average molecular weight is 280 g/mol. The van der Waals surface area contributed by atoms with Crippen molar-refractivity contribution in [3.63, 3.8) is 0 Å². The van der Waals surface area contributed by atoms with Gasteiger partial charge in [0.15, 0.2) is 0 Å². The van der Waals surface area contributed by atoms with Crippen LogP contribution in [0.5, 0.6) is 0 Å². The molecule has 7 heteroatoms. The van der Waals surface area contributed by atoms with Crippen LogP contribution in [0.1, 0.15) is 10.7 Å². The lowest BCUT2D eigenvalue weighted by Crippen LogP contribution is -2.51. The third-order valence-electron chi connectivity index (χ3n) is 2.69. The Kier molecular flexibility index (Phi) is 2.53. The second-order valence-corrected chi connectivity index (χ2v) is 5.88. The summed E-state index contributed by atoms with van der Waals surface area (Å²) in [5, 5.41) is 13.1. The number of carboxylic acids is 1. The highest BCUT2D eigenvalue weighted by atomic mass is 32.2. The van der Waals surface area contributed by atoms with Crippen molar-refractivity contribution in [3.8, 4) is 0 Å². The van der Waals surface area contributed by atoms with Crippen molar-refractivity contribution in [1.82, 2.24) is 9.88 Å². The second kappa shape index (κ2) is 3.96. The molecule has 2 aliphatic heterocycles. The van der Waals surface area contributed by atoms with Crippen molar-refractivity contribution in [2.45, 2.75) is 12.3 Å². The molecule has 0 spiro atoms. The van der Waals surface area contributed by atoms with E-state index in [0.29, 0.717) is 5.57 Å². The molecule has 5 nitrogen and oxygen atoms in total. The van der Waals surface area contributed by atoms with Crippen LogP contribution in [-0.4, -0.2) is 32.2 Å². The summed E-state index contributed by atoms with van der Waals surface area (Å²) in [7, 11) is 0. The van der Waals surface area contributed by atoms with Crippen LogP contribution in [0.3, 0.4) is 0 Å². The lowest BCUT2D eigenvalue weighted by atomic mass is 10.0. The molecule has 0 aromatic carbocycles. The number of nitrogens with zero attached hydrogens (tertiary/aromatic N) is 2. The number of hydrogen-bond acceptors (Lipinski definition) is 5. The van der Waals surface area contributed by atoms with Crippen LogP contribution < -0.4 is 0 Å². The van der Waals surface area contributed by atoms with Gasteiger partial charge in [-0.3, -0.25) is 9.69 Å². The van der Waals surface area contributed by atoms with Crippen molar-refractivity contribution in [3.05, 3.63) is 32.8 Å². The third kappa shape index (κ3) is 1.58. The molecule has 3 rings (SSSR count). The fraction of sp³-hybridized carbons (Fsp3) is 0.182. The molecule has 1 unspecified atom stereocenters. The van der Waals surface area contributed by atoms with Gasteiger partial charge in [0.05, 0.1) is 16.3 Å². The van der Waals surface area contributed by atoms with E-state index in [1.165, 1.54) is 33.4 Å². The van der Waals surface area contributed by atoms with Crippen LogP contribution in [0.15, 0.2) is 22.1 Å². The highest BCUT2D eigenvalue weighted by molar-refractivity contribution is 8.03. The molecule has 0 radical (unpaired) electrons. The van der Waals surface area contributed by atoms with E-state index in [4.69, 9.17) is 5.11 Å². The van der Waals surface area contributed by atoms with Crippen molar-refractivity contribution < 1.29 is 14.7 Å². The van der Waals surface area contributed by atoms with Gasteiger partial charge in [-0.2, -0.15) is 0 Å². The number of aromatic nitrogens is 1. The van der Waals surface area contributed by atoms with Gasteiger partial charge in [-0.25, -0.2) is 9.78 Å². The van der Waals surface area contributed by atoms with Crippen LogP contribution in [0, 0.1) is 6.92 Å². The normalized spacial score (nSPS) is 23.9. The molecule has 1 fully saturated rings. The van der Waals surface area contributed by atoms with Crippen molar-refractivity contribution in [1.29, 1.82) is 0 Å². The minimum absolute atomic E-state index is 0.0570. The van der Waals surface area contributed by atoms with E-state index < -0.39 is 5.97 Å². The zero-order valence-electron chi connectivity index (χ0n) is 9.28. The van der Waals surface area contributed by atoms with E-state index in [1.54, 1.807) is 6.08 Å². The number of thiazole rings is 1. The maximum atomic E-state index is 11.9. The molecule has 1 aromatic rings.